The van der Waals surface area contributed by atoms with Gasteiger partial charge in [-0.25, -0.2) is 10.4 Å². The van der Waals surface area contributed by atoms with Crippen molar-refractivity contribution in [3.63, 3.8) is 0 Å². The molecule has 1 heterocycles. The quantitative estimate of drug-likeness (QED) is 0.106. The van der Waals surface area contributed by atoms with E-state index in [1.54, 1.807) is 7.11 Å². The van der Waals surface area contributed by atoms with Crippen molar-refractivity contribution < 1.29 is 24.1 Å². The average molecular weight is 673 g/mol. The fraction of sp³-hybridized carbons (Fsp3) is 0.278. The molecule has 0 spiro atoms. The molecule has 0 bridgehead atoms. The smallest absolute Gasteiger partial charge is 0.266 e. The molecule has 1 aliphatic heterocycles. The van der Waals surface area contributed by atoms with Gasteiger partial charge in [-0.15, -0.1) is 0 Å². The van der Waals surface area contributed by atoms with E-state index < -0.39 is 11.6 Å². The largest absolute Gasteiger partial charge is 0.497 e. The molecule has 0 aliphatic carbocycles. The van der Waals surface area contributed by atoms with Gasteiger partial charge in [0.1, 0.15) is 11.5 Å². The number of amides is 1. The third kappa shape index (κ3) is 8.11. The molecule has 3 N–H and O–H groups in total. The van der Waals surface area contributed by atoms with Gasteiger partial charge in [-0.3, -0.25) is 10.2 Å². The van der Waals surface area contributed by atoms with E-state index in [4.69, 9.17) is 24.3 Å². The second-order valence-electron chi connectivity index (χ2n) is 10.8. The summed E-state index contributed by atoms with van der Waals surface area (Å²) in [6, 6.07) is 33.1. The summed E-state index contributed by atoms with van der Waals surface area (Å²) < 4.78 is 18.7. The van der Waals surface area contributed by atoms with Gasteiger partial charge >= 0.3 is 0 Å². The van der Waals surface area contributed by atoms with Gasteiger partial charge in [0.15, 0.2) is 11.6 Å². The van der Waals surface area contributed by atoms with Gasteiger partial charge < -0.3 is 19.3 Å². The van der Waals surface area contributed by atoms with Crippen LogP contribution in [-0.4, -0.2) is 49.3 Å². The summed E-state index contributed by atoms with van der Waals surface area (Å²) in [4.78, 5) is 19.5. The summed E-state index contributed by atoms with van der Waals surface area (Å²) in [7, 11) is 1.61. The number of nitrogens with zero attached hydrogens (tertiary/aromatic N) is 1. The maximum absolute atomic E-state index is 14.4. The first kappa shape index (κ1) is 32.2. The second-order valence-corrected chi connectivity index (χ2v) is 11.7. The van der Waals surface area contributed by atoms with E-state index in [-0.39, 0.29) is 18.9 Å². The molecule has 2 atom stereocenters. The van der Waals surface area contributed by atoms with Crippen LogP contribution >= 0.6 is 15.9 Å². The number of hydrazine groups is 1. The topological polar surface area (TPSA) is 101 Å². The first-order valence-corrected chi connectivity index (χ1v) is 15.9. The molecular formula is C36H38BrN3O5. The van der Waals surface area contributed by atoms with Crippen molar-refractivity contribution in [1.29, 1.82) is 0 Å². The lowest BCUT2D eigenvalue weighted by atomic mass is 9.82. The number of methoxy groups -OCH3 is 1. The fourth-order valence-corrected chi connectivity index (χ4v) is 5.72. The molecule has 0 aromatic heterocycles. The van der Waals surface area contributed by atoms with Crippen LogP contribution in [0.2, 0.25) is 0 Å². The van der Waals surface area contributed by atoms with Gasteiger partial charge in [0.2, 0.25) is 5.90 Å². The molecule has 8 nitrogen and oxygen atoms in total. The van der Waals surface area contributed by atoms with Crippen molar-refractivity contribution in [1.82, 2.24) is 10.9 Å². The van der Waals surface area contributed by atoms with E-state index in [1.165, 1.54) is 5.56 Å². The van der Waals surface area contributed by atoms with Crippen molar-refractivity contribution in [2.45, 2.75) is 37.3 Å². The summed E-state index contributed by atoms with van der Waals surface area (Å²) in [5.41, 5.74) is 8.41. The number of halogens is 1. The molecule has 234 valence electrons. The van der Waals surface area contributed by atoms with E-state index in [0.29, 0.717) is 37.0 Å². The van der Waals surface area contributed by atoms with Crippen LogP contribution in [0.4, 0.5) is 0 Å². The molecule has 1 aliphatic rings. The van der Waals surface area contributed by atoms with Crippen molar-refractivity contribution in [3.8, 4) is 11.5 Å². The zero-order chi connectivity index (χ0) is 31.5. The minimum absolute atomic E-state index is 0.0674. The van der Waals surface area contributed by atoms with Crippen molar-refractivity contribution in [3.05, 3.63) is 130 Å². The Morgan fingerprint density at radius 1 is 0.956 bits per heavy atom. The number of carbonyl (C=O) groups excluding carboxylic acids is 1. The van der Waals surface area contributed by atoms with Gasteiger partial charge in [0, 0.05) is 36.0 Å². The Balaban J connectivity index is 1.47. The van der Waals surface area contributed by atoms with Gasteiger partial charge in [-0.2, -0.15) is 0 Å². The van der Waals surface area contributed by atoms with Crippen molar-refractivity contribution >= 4 is 27.7 Å². The maximum atomic E-state index is 14.4. The number of aliphatic hydroxyl groups is 1. The van der Waals surface area contributed by atoms with E-state index in [1.807, 2.05) is 91.0 Å². The monoisotopic (exact) mass is 671 g/mol. The first-order chi connectivity index (χ1) is 22.0. The molecule has 9 heteroatoms. The Kier molecular flexibility index (Phi) is 11.2. The predicted molar refractivity (Wildman–Crippen MR) is 178 cm³/mol. The number of aliphatic imine (C=N–C) groups is 1. The third-order valence-electron chi connectivity index (χ3n) is 7.66. The lowest BCUT2D eigenvalue weighted by Crippen LogP contribution is -2.54. The molecule has 0 fully saturated rings. The standard InChI is InChI=1S/C36H38BrN3O5/c1-43-31-15-7-14-28(24-31)33-36(25-29-13-5-6-16-32(29)37,35(42)40-38-21-8-12-26-10-3-2-4-11-26)39-34(45-33)27-17-19-30(20-18-27)44-23-9-22-41/h2-7,10-11,13-20,24,33,38,41H,8-9,12,21-23,25H2,1H3,(H,40,42)/t33-,36-/m0/s1. The third-order valence-corrected chi connectivity index (χ3v) is 8.43. The summed E-state index contributed by atoms with van der Waals surface area (Å²) in [6.07, 6.45) is 1.82. The summed E-state index contributed by atoms with van der Waals surface area (Å²) in [5.74, 6) is 1.39. The molecule has 0 radical (unpaired) electrons. The number of carbonyl (C=O) groups is 1. The number of hydrogen-bond donors (Lipinski definition) is 3. The Hall–Kier alpha value is -4.18. The van der Waals surface area contributed by atoms with Crippen LogP contribution in [-0.2, 0) is 22.4 Å². The van der Waals surface area contributed by atoms with Crippen LogP contribution in [0.3, 0.4) is 0 Å². The highest BCUT2D eigenvalue weighted by Crippen LogP contribution is 2.44. The Morgan fingerprint density at radius 2 is 1.73 bits per heavy atom. The molecule has 0 saturated carbocycles. The van der Waals surface area contributed by atoms with Gasteiger partial charge in [-0.05, 0) is 72.0 Å². The normalized spacial score (nSPS) is 17.3. The van der Waals surface area contributed by atoms with E-state index >= 15 is 0 Å². The summed E-state index contributed by atoms with van der Waals surface area (Å²) in [6.45, 7) is 1.07. The molecule has 0 saturated heterocycles. The van der Waals surface area contributed by atoms with Crippen molar-refractivity contribution in [2.75, 3.05) is 26.9 Å². The lowest BCUT2D eigenvalue weighted by Gasteiger charge is -2.31. The highest BCUT2D eigenvalue weighted by molar-refractivity contribution is 9.10. The SMILES string of the molecule is COc1cccc([C@@H]2OC(c3ccc(OCCCO)cc3)=N[C@]2(Cc2ccccc2Br)C(=O)NNCCCc2ccccc2)c1. The second kappa shape index (κ2) is 15.7. The van der Waals surface area contributed by atoms with E-state index in [2.05, 4.69) is 38.9 Å². The minimum Gasteiger partial charge on any atom is -0.497 e. The predicted octanol–water partition coefficient (Wildman–Crippen LogP) is 5.97. The van der Waals surface area contributed by atoms with Crippen LogP contribution < -0.4 is 20.3 Å². The number of hydrogen-bond acceptors (Lipinski definition) is 7. The number of aryl methyl sites for hydroxylation is 1. The highest BCUT2D eigenvalue weighted by atomic mass is 79.9. The summed E-state index contributed by atoms with van der Waals surface area (Å²) >= 11 is 3.68. The Morgan fingerprint density at radius 3 is 2.49 bits per heavy atom. The van der Waals surface area contributed by atoms with Crippen molar-refractivity contribution in [2.24, 2.45) is 4.99 Å². The molecule has 0 unspecified atom stereocenters. The molecular weight excluding hydrogens is 634 g/mol. The number of benzene rings is 4. The summed E-state index contributed by atoms with van der Waals surface area (Å²) in [5, 5.41) is 9.07. The van der Waals surface area contributed by atoms with Gasteiger partial charge in [-0.1, -0.05) is 76.6 Å². The van der Waals surface area contributed by atoms with Gasteiger partial charge in [0.05, 0.1) is 13.7 Å². The minimum atomic E-state index is -1.35. The lowest BCUT2D eigenvalue weighted by molar-refractivity contribution is -0.130. The van der Waals surface area contributed by atoms with Crippen LogP contribution in [0.5, 0.6) is 11.5 Å². The molecule has 4 aromatic rings. The number of nitrogens with one attached hydrogen (secondary N) is 2. The Labute approximate surface area is 272 Å². The first-order valence-electron chi connectivity index (χ1n) is 15.1. The fourth-order valence-electron chi connectivity index (χ4n) is 5.30. The molecule has 4 aromatic carbocycles. The number of aliphatic hydroxyl groups excluding tert-OH is 1. The average Bonchev–Trinajstić information content (AvgIpc) is 3.47. The number of rotatable bonds is 15. The van der Waals surface area contributed by atoms with Crippen LogP contribution in [0.25, 0.3) is 0 Å². The molecule has 45 heavy (non-hydrogen) atoms. The molecule has 5 rings (SSSR count). The number of ether oxygens (including phenoxy) is 3. The maximum Gasteiger partial charge on any atom is 0.266 e. The van der Waals surface area contributed by atoms with E-state index in [0.717, 1.165) is 34.0 Å². The van der Waals surface area contributed by atoms with Crippen LogP contribution in [0.1, 0.15) is 41.2 Å². The zero-order valence-corrected chi connectivity index (χ0v) is 26.8. The Bertz CT molecular complexity index is 1580. The molecule has 1 amide bonds. The van der Waals surface area contributed by atoms with Crippen LogP contribution in [0.15, 0.2) is 113 Å². The zero-order valence-electron chi connectivity index (χ0n) is 25.2. The van der Waals surface area contributed by atoms with Gasteiger partial charge in [0.25, 0.3) is 5.91 Å². The van der Waals surface area contributed by atoms with E-state index in [9.17, 15) is 4.79 Å². The highest BCUT2D eigenvalue weighted by Gasteiger charge is 2.53. The van der Waals surface area contributed by atoms with Crippen LogP contribution in [0, 0.1) is 0 Å².